The molecule has 1 aliphatic rings. The summed E-state index contributed by atoms with van der Waals surface area (Å²) >= 11 is 0. The van der Waals surface area contributed by atoms with Crippen molar-refractivity contribution >= 4 is 11.5 Å². The molecule has 2 rings (SSSR count). The van der Waals surface area contributed by atoms with Gasteiger partial charge in [0.25, 0.3) is 0 Å². The number of rotatable bonds is 5. The monoisotopic (exact) mass is 263 g/mol. The summed E-state index contributed by atoms with van der Waals surface area (Å²) in [6.45, 7) is 9.25. The molecule has 4 nitrogen and oxygen atoms in total. The number of pyridine rings is 1. The van der Waals surface area contributed by atoms with Crippen molar-refractivity contribution in [3.05, 3.63) is 18.3 Å². The largest absolute Gasteiger partial charge is 0.375 e. The minimum absolute atomic E-state index is 0.294. The van der Waals surface area contributed by atoms with Gasteiger partial charge in [0.1, 0.15) is 5.82 Å². The number of ether oxygens (including phenoxy) is 1. The van der Waals surface area contributed by atoms with Crippen molar-refractivity contribution in [2.45, 2.75) is 45.8 Å². The molecule has 1 aliphatic heterocycles. The van der Waals surface area contributed by atoms with Crippen LogP contribution < -0.4 is 10.2 Å². The highest BCUT2D eigenvalue weighted by molar-refractivity contribution is 5.55. The van der Waals surface area contributed by atoms with Crippen molar-refractivity contribution in [1.82, 2.24) is 4.98 Å². The Labute approximate surface area is 116 Å². The van der Waals surface area contributed by atoms with Gasteiger partial charge >= 0.3 is 0 Å². The molecule has 0 spiro atoms. The summed E-state index contributed by atoms with van der Waals surface area (Å²) in [5.41, 5.74) is 1.25. The van der Waals surface area contributed by atoms with E-state index in [1.165, 1.54) is 5.69 Å². The Morgan fingerprint density at radius 1 is 1.47 bits per heavy atom. The number of hydrogen-bond donors (Lipinski definition) is 1. The number of hydrogen-bond acceptors (Lipinski definition) is 4. The van der Waals surface area contributed by atoms with Gasteiger partial charge in [0, 0.05) is 31.0 Å². The molecule has 1 N–H and O–H groups in total. The van der Waals surface area contributed by atoms with Gasteiger partial charge in [-0.05, 0) is 25.8 Å². The first-order chi connectivity index (χ1) is 9.24. The lowest BCUT2D eigenvalue weighted by Crippen LogP contribution is -2.48. The third kappa shape index (κ3) is 3.60. The Bertz CT molecular complexity index is 397. The molecule has 0 saturated carbocycles. The third-order valence-corrected chi connectivity index (χ3v) is 3.57. The van der Waals surface area contributed by atoms with Gasteiger partial charge in [-0.25, -0.2) is 4.98 Å². The predicted octanol–water partition coefficient (Wildman–Crippen LogP) is 2.91. The predicted molar refractivity (Wildman–Crippen MR) is 79.9 cm³/mol. The van der Waals surface area contributed by atoms with Crippen LogP contribution >= 0.6 is 0 Å². The average molecular weight is 263 g/mol. The molecule has 1 fully saturated rings. The van der Waals surface area contributed by atoms with Gasteiger partial charge in [-0.1, -0.05) is 13.8 Å². The number of morpholine rings is 1. The van der Waals surface area contributed by atoms with E-state index in [1.807, 2.05) is 6.20 Å². The highest BCUT2D eigenvalue weighted by atomic mass is 16.5. The molecule has 2 unspecified atom stereocenters. The summed E-state index contributed by atoms with van der Waals surface area (Å²) < 4.78 is 5.76. The van der Waals surface area contributed by atoms with Crippen molar-refractivity contribution in [3.63, 3.8) is 0 Å². The standard InChI is InChI=1S/C15H25N3O/c1-4-7-16-15-9-14(6-8-17-15)18-10-12(3)19-11-13(18)5-2/h6,8-9,12-13H,4-5,7,10-11H2,1-3H3,(H,16,17). The average Bonchev–Trinajstić information content (AvgIpc) is 2.45. The zero-order valence-corrected chi connectivity index (χ0v) is 12.2. The molecule has 0 aromatic carbocycles. The van der Waals surface area contributed by atoms with E-state index in [9.17, 15) is 0 Å². The zero-order valence-electron chi connectivity index (χ0n) is 12.2. The summed E-state index contributed by atoms with van der Waals surface area (Å²) in [5, 5.41) is 3.35. The summed E-state index contributed by atoms with van der Waals surface area (Å²) in [6.07, 6.45) is 4.40. The Morgan fingerprint density at radius 3 is 3.05 bits per heavy atom. The topological polar surface area (TPSA) is 37.4 Å². The quantitative estimate of drug-likeness (QED) is 0.886. The van der Waals surface area contributed by atoms with Crippen molar-refractivity contribution in [1.29, 1.82) is 0 Å². The number of nitrogens with one attached hydrogen (secondary N) is 1. The molecule has 1 aromatic rings. The first kappa shape index (κ1) is 14.1. The lowest BCUT2D eigenvalue weighted by molar-refractivity contribution is 0.0299. The van der Waals surface area contributed by atoms with Crippen LogP contribution in [0.25, 0.3) is 0 Å². The second kappa shape index (κ2) is 6.75. The van der Waals surface area contributed by atoms with Crippen LogP contribution in [-0.4, -0.2) is 36.8 Å². The number of aromatic nitrogens is 1. The summed E-state index contributed by atoms with van der Waals surface area (Å²) in [6, 6.07) is 4.71. The summed E-state index contributed by atoms with van der Waals surface area (Å²) in [7, 11) is 0. The Morgan fingerprint density at radius 2 is 2.32 bits per heavy atom. The van der Waals surface area contributed by atoms with E-state index >= 15 is 0 Å². The van der Waals surface area contributed by atoms with Crippen LogP contribution in [0.1, 0.15) is 33.6 Å². The van der Waals surface area contributed by atoms with Crippen molar-refractivity contribution in [2.75, 3.05) is 29.9 Å². The van der Waals surface area contributed by atoms with E-state index in [1.54, 1.807) is 0 Å². The number of anilines is 2. The van der Waals surface area contributed by atoms with Gasteiger partial charge in [0.15, 0.2) is 0 Å². The second-order valence-corrected chi connectivity index (χ2v) is 5.18. The van der Waals surface area contributed by atoms with Crippen LogP contribution in [0, 0.1) is 0 Å². The molecule has 0 amide bonds. The van der Waals surface area contributed by atoms with Crippen molar-refractivity contribution in [2.24, 2.45) is 0 Å². The molecule has 0 radical (unpaired) electrons. The molecule has 2 heterocycles. The maximum Gasteiger partial charge on any atom is 0.127 e. The van der Waals surface area contributed by atoms with Gasteiger partial charge in [-0.2, -0.15) is 0 Å². The molecule has 1 aromatic heterocycles. The van der Waals surface area contributed by atoms with Crippen molar-refractivity contribution in [3.8, 4) is 0 Å². The molecule has 0 aliphatic carbocycles. The molecule has 2 atom stereocenters. The van der Waals surface area contributed by atoms with Gasteiger partial charge in [-0.3, -0.25) is 0 Å². The van der Waals surface area contributed by atoms with Crippen LogP contribution in [0.3, 0.4) is 0 Å². The van der Waals surface area contributed by atoms with E-state index in [-0.39, 0.29) is 0 Å². The molecule has 4 heteroatoms. The molecule has 1 saturated heterocycles. The molecular formula is C15H25N3O. The SMILES string of the molecule is CCCNc1cc(N2CC(C)OCC2CC)ccn1. The van der Waals surface area contributed by atoms with E-state index in [2.05, 4.69) is 48.1 Å². The molecular weight excluding hydrogens is 238 g/mol. The minimum Gasteiger partial charge on any atom is -0.375 e. The van der Waals surface area contributed by atoms with Crippen LogP contribution in [-0.2, 0) is 4.74 Å². The first-order valence-electron chi connectivity index (χ1n) is 7.32. The van der Waals surface area contributed by atoms with Gasteiger partial charge in [-0.15, -0.1) is 0 Å². The fraction of sp³-hybridized carbons (Fsp3) is 0.667. The fourth-order valence-electron chi connectivity index (χ4n) is 2.45. The van der Waals surface area contributed by atoms with Crippen molar-refractivity contribution < 1.29 is 4.74 Å². The number of nitrogens with zero attached hydrogens (tertiary/aromatic N) is 2. The maximum atomic E-state index is 5.76. The fourth-order valence-corrected chi connectivity index (χ4v) is 2.45. The van der Waals surface area contributed by atoms with Crippen LogP contribution in [0.2, 0.25) is 0 Å². The van der Waals surface area contributed by atoms with E-state index in [4.69, 9.17) is 4.74 Å². The van der Waals surface area contributed by atoms with E-state index < -0.39 is 0 Å². The summed E-state index contributed by atoms with van der Waals surface area (Å²) in [4.78, 5) is 6.82. The lowest BCUT2D eigenvalue weighted by atomic mass is 10.1. The Balaban J connectivity index is 2.13. The van der Waals surface area contributed by atoms with Crippen LogP contribution in [0.5, 0.6) is 0 Å². The molecule has 0 bridgehead atoms. The summed E-state index contributed by atoms with van der Waals surface area (Å²) in [5.74, 6) is 0.966. The highest BCUT2D eigenvalue weighted by Crippen LogP contribution is 2.24. The van der Waals surface area contributed by atoms with E-state index in [0.29, 0.717) is 12.1 Å². The van der Waals surface area contributed by atoms with Crippen LogP contribution in [0.15, 0.2) is 18.3 Å². The zero-order chi connectivity index (χ0) is 13.7. The molecule has 19 heavy (non-hydrogen) atoms. The van der Waals surface area contributed by atoms with Crippen LogP contribution in [0.4, 0.5) is 11.5 Å². The smallest absolute Gasteiger partial charge is 0.127 e. The normalized spacial score (nSPS) is 23.4. The second-order valence-electron chi connectivity index (χ2n) is 5.18. The Hall–Kier alpha value is -1.29. The van der Waals surface area contributed by atoms with Gasteiger partial charge in [0.05, 0.1) is 18.8 Å². The highest BCUT2D eigenvalue weighted by Gasteiger charge is 2.25. The maximum absolute atomic E-state index is 5.76. The third-order valence-electron chi connectivity index (χ3n) is 3.57. The first-order valence-corrected chi connectivity index (χ1v) is 7.32. The Kier molecular flexibility index (Phi) is 5.02. The van der Waals surface area contributed by atoms with Gasteiger partial charge in [0.2, 0.25) is 0 Å². The van der Waals surface area contributed by atoms with Gasteiger partial charge < -0.3 is 15.0 Å². The van der Waals surface area contributed by atoms with E-state index in [0.717, 1.165) is 38.4 Å². The lowest BCUT2D eigenvalue weighted by Gasteiger charge is -2.40. The minimum atomic E-state index is 0.294. The molecule has 106 valence electrons.